The standard InChI is InChI=1S/C12H17OP/c1-9-6-5-7-10-11(9)14(8-13-10)12(2,3)4/h5-7H,8H2,1-4H3/t14-/m0/s1. The van der Waals surface area contributed by atoms with Crippen molar-refractivity contribution in [2.45, 2.75) is 32.9 Å². The Balaban J connectivity index is 2.48. The minimum absolute atomic E-state index is 0.145. The van der Waals surface area contributed by atoms with Crippen molar-refractivity contribution in [3.05, 3.63) is 23.8 Å². The molecule has 0 spiro atoms. The van der Waals surface area contributed by atoms with Crippen LogP contribution in [0.3, 0.4) is 0 Å². The van der Waals surface area contributed by atoms with Crippen molar-refractivity contribution in [2.75, 3.05) is 6.35 Å². The van der Waals surface area contributed by atoms with Crippen molar-refractivity contribution in [1.29, 1.82) is 0 Å². The molecule has 1 aromatic carbocycles. The van der Waals surface area contributed by atoms with E-state index in [9.17, 15) is 0 Å². The van der Waals surface area contributed by atoms with Crippen LogP contribution >= 0.6 is 7.92 Å². The van der Waals surface area contributed by atoms with E-state index < -0.39 is 0 Å². The third kappa shape index (κ3) is 1.54. The molecule has 0 radical (unpaired) electrons. The maximum Gasteiger partial charge on any atom is 0.127 e. The first kappa shape index (κ1) is 9.98. The molecule has 0 saturated carbocycles. The van der Waals surface area contributed by atoms with E-state index in [-0.39, 0.29) is 7.92 Å². The summed E-state index contributed by atoms with van der Waals surface area (Å²) in [5, 5.41) is 1.84. The van der Waals surface area contributed by atoms with E-state index in [4.69, 9.17) is 4.74 Å². The summed E-state index contributed by atoms with van der Waals surface area (Å²) >= 11 is 0. The monoisotopic (exact) mass is 208 g/mol. The highest BCUT2D eigenvalue weighted by molar-refractivity contribution is 7.67. The molecular weight excluding hydrogens is 191 g/mol. The molecule has 1 aliphatic rings. The molecule has 1 aliphatic heterocycles. The predicted octanol–water partition coefficient (Wildman–Crippen LogP) is 3.25. The Hall–Kier alpha value is -0.550. The Morgan fingerprint density at radius 1 is 1.29 bits per heavy atom. The van der Waals surface area contributed by atoms with Crippen molar-refractivity contribution in [3.63, 3.8) is 0 Å². The molecule has 0 unspecified atom stereocenters. The van der Waals surface area contributed by atoms with Gasteiger partial charge in [0.25, 0.3) is 0 Å². The van der Waals surface area contributed by atoms with Crippen LogP contribution in [0.5, 0.6) is 5.75 Å². The van der Waals surface area contributed by atoms with Gasteiger partial charge in [-0.25, -0.2) is 0 Å². The summed E-state index contributed by atoms with van der Waals surface area (Å²) in [5.41, 5.74) is 1.39. The quantitative estimate of drug-likeness (QED) is 0.595. The van der Waals surface area contributed by atoms with Crippen molar-refractivity contribution >= 4 is 13.2 Å². The van der Waals surface area contributed by atoms with Crippen LogP contribution in [-0.4, -0.2) is 11.5 Å². The summed E-state index contributed by atoms with van der Waals surface area (Å²) in [6, 6.07) is 6.36. The van der Waals surface area contributed by atoms with Crippen LogP contribution in [-0.2, 0) is 0 Å². The van der Waals surface area contributed by atoms with Gasteiger partial charge in [-0.15, -0.1) is 0 Å². The van der Waals surface area contributed by atoms with Gasteiger partial charge in [-0.2, -0.15) is 0 Å². The number of ether oxygens (including phenoxy) is 1. The van der Waals surface area contributed by atoms with Gasteiger partial charge in [-0.05, 0) is 31.6 Å². The second kappa shape index (κ2) is 3.24. The maximum absolute atomic E-state index is 5.75. The average molecular weight is 208 g/mol. The van der Waals surface area contributed by atoms with E-state index in [2.05, 4.69) is 45.9 Å². The van der Waals surface area contributed by atoms with Crippen LogP contribution in [0.15, 0.2) is 18.2 Å². The Labute approximate surface area is 87.2 Å². The lowest BCUT2D eigenvalue weighted by atomic mass is 10.2. The fraction of sp³-hybridized carbons (Fsp3) is 0.500. The summed E-state index contributed by atoms with van der Waals surface area (Å²) in [5.74, 6) is 1.12. The van der Waals surface area contributed by atoms with Crippen LogP contribution in [0, 0.1) is 6.92 Å². The molecule has 0 fully saturated rings. The lowest BCUT2D eigenvalue weighted by Crippen LogP contribution is -2.19. The fourth-order valence-corrected chi connectivity index (χ4v) is 4.18. The van der Waals surface area contributed by atoms with E-state index in [1.165, 1.54) is 10.9 Å². The molecule has 14 heavy (non-hydrogen) atoms. The first-order valence-electron chi connectivity index (χ1n) is 5.00. The highest BCUT2D eigenvalue weighted by Crippen LogP contribution is 2.54. The third-order valence-corrected chi connectivity index (χ3v) is 5.75. The molecule has 0 N–H and O–H groups in total. The number of benzene rings is 1. The molecule has 1 nitrogen and oxygen atoms in total. The zero-order chi connectivity index (χ0) is 10.3. The minimum Gasteiger partial charge on any atom is -0.488 e. The molecule has 0 aromatic heterocycles. The first-order valence-corrected chi connectivity index (χ1v) is 6.53. The van der Waals surface area contributed by atoms with E-state index in [1.807, 2.05) is 0 Å². The van der Waals surface area contributed by atoms with E-state index in [0.29, 0.717) is 5.16 Å². The molecule has 1 atom stereocenters. The Morgan fingerprint density at radius 3 is 2.64 bits per heavy atom. The molecule has 1 aromatic rings. The summed E-state index contributed by atoms with van der Waals surface area (Å²) in [6.07, 6.45) is 0.902. The number of hydrogen-bond donors (Lipinski definition) is 0. The van der Waals surface area contributed by atoms with E-state index >= 15 is 0 Å². The Bertz CT molecular complexity index is 352. The van der Waals surface area contributed by atoms with Crippen molar-refractivity contribution in [3.8, 4) is 5.75 Å². The van der Waals surface area contributed by atoms with Crippen LogP contribution < -0.4 is 10.0 Å². The van der Waals surface area contributed by atoms with Crippen molar-refractivity contribution in [2.24, 2.45) is 0 Å². The predicted molar refractivity (Wildman–Crippen MR) is 63.0 cm³/mol. The normalized spacial score (nSPS) is 20.4. The molecule has 2 rings (SSSR count). The van der Waals surface area contributed by atoms with Gasteiger partial charge in [-0.3, -0.25) is 0 Å². The molecule has 76 valence electrons. The fourth-order valence-electron chi connectivity index (χ4n) is 1.82. The topological polar surface area (TPSA) is 9.23 Å². The van der Waals surface area contributed by atoms with Crippen LogP contribution in [0.25, 0.3) is 0 Å². The lowest BCUT2D eigenvalue weighted by Gasteiger charge is -2.26. The van der Waals surface area contributed by atoms with Gasteiger partial charge in [0.15, 0.2) is 0 Å². The van der Waals surface area contributed by atoms with Gasteiger partial charge in [0.05, 0.1) is 0 Å². The highest BCUT2D eigenvalue weighted by atomic mass is 31.1. The smallest absolute Gasteiger partial charge is 0.127 e. The van der Waals surface area contributed by atoms with Gasteiger partial charge in [0.2, 0.25) is 0 Å². The van der Waals surface area contributed by atoms with Gasteiger partial charge < -0.3 is 4.74 Å². The van der Waals surface area contributed by atoms with Crippen LogP contribution in [0.4, 0.5) is 0 Å². The molecule has 2 heteroatoms. The molecular formula is C12H17OP. The van der Waals surface area contributed by atoms with E-state index in [1.54, 1.807) is 0 Å². The molecule has 1 heterocycles. The van der Waals surface area contributed by atoms with Crippen molar-refractivity contribution in [1.82, 2.24) is 0 Å². The summed E-state index contributed by atoms with van der Waals surface area (Å²) in [6.45, 7) is 9.12. The van der Waals surface area contributed by atoms with E-state index in [0.717, 1.165) is 12.1 Å². The minimum atomic E-state index is -0.145. The van der Waals surface area contributed by atoms with Gasteiger partial charge in [-0.1, -0.05) is 32.9 Å². The molecule has 0 aliphatic carbocycles. The summed E-state index contributed by atoms with van der Waals surface area (Å²) in [7, 11) is -0.145. The number of rotatable bonds is 0. The Morgan fingerprint density at radius 2 is 2.00 bits per heavy atom. The van der Waals surface area contributed by atoms with Gasteiger partial charge in [0, 0.05) is 5.30 Å². The first-order chi connectivity index (χ1) is 6.50. The zero-order valence-corrected chi connectivity index (χ0v) is 10.2. The summed E-state index contributed by atoms with van der Waals surface area (Å²) in [4.78, 5) is 0. The van der Waals surface area contributed by atoms with Crippen LogP contribution in [0.1, 0.15) is 26.3 Å². The van der Waals surface area contributed by atoms with Crippen molar-refractivity contribution < 1.29 is 4.74 Å². The largest absolute Gasteiger partial charge is 0.488 e. The zero-order valence-electron chi connectivity index (χ0n) is 9.29. The average Bonchev–Trinajstić information content (AvgIpc) is 2.47. The third-order valence-electron chi connectivity index (χ3n) is 2.63. The molecule has 0 bridgehead atoms. The maximum atomic E-state index is 5.75. The molecule has 0 amide bonds. The number of hydrogen-bond acceptors (Lipinski definition) is 1. The summed E-state index contributed by atoms with van der Waals surface area (Å²) < 4.78 is 5.75. The second-order valence-electron chi connectivity index (χ2n) is 4.79. The second-order valence-corrected chi connectivity index (χ2v) is 7.70. The number of aryl methyl sites for hydroxylation is 1. The SMILES string of the molecule is Cc1cccc2c1[P@@](C(C)(C)C)CO2. The highest BCUT2D eigenvalue weighted by Gasteiger charge is 2.34. The van der Waals surface area contributed by atoms with Gasteiger partial charge >= 0.3 is 0 Å². The number of fused-ring (bicyclic) bond motifs is 1. The Kier molecular flexibility index (Phi) is 2.31. The van der Waals surface area contributed by atoms with Gasteiger partial charge in [0.1, 0.15) is 12.1 Å². The lowest BCUT2D eigenvalue weighted by molar-refractivity contribution is 0.400. The molecule has 0 saturated heterocycles. The van der Waals surface area contributed by atoms with Crippen LogP contribution in [0.2, 0.25) is 0 Å².